The van der Waals surface area contributed by atoms with Crippen molar-refractivity contribution in [3.63, 3.8) is 0 Å². The molecule has 2 N–H and O–H groups in total. The highest BCUT2D eigenvalue weighted by molar-refractivity contribution is 5.64. The number of H-pyrrole nitrogens is 1. The zero-order chi connectivity index (χ0) is 11.8. The van der Waals surface area contributed by atoms with Gasteiger partial charge in [0.1, 0.15) is 5.69 Å². The highest BCUT2D eigenvalue weighted by Crippen LogP contribution is 2.43. The molecule has 2 aromatic rings. The second kappa shape index (κ2) is 3.96. The molecule has 0 saturated heterocycles. The first-order valence-corrected chi connectivity index (χ1v) is 5.91. The first-order chi connectivity index (χ1) is 8.31. The van der Waals surface area contributed by atoms with Crippen molar-refractivity contribution in [2.24, 2.45) is 0 Å². The standard InChI is InChI=1S/C13H15N3O/c1-8-11(7-17)13(16-15-8)12-10(9-4-5-9)3-2-6-14-12/h2-3,6,9,17H,4-5,7H2,1H3,(H,15,16). The Morgan fingerprint density at radius 1 is 1.41 bits per heavy atom. The van der Waals surface area contributed by atoms with E-state index in [-0.39, 0.29) is 6.61 Å². The van der Waals surface area contributed by atoms with Gasteiger partial charge in [-0.2, -0.15) is 5.10 Å². The van der Waals surface area contributed by atoms with Gasteiger partial charge in [0.15, 0.2) is 0 Å². The van der Waals surface area contributed by atoms with Crippen molar-refractivity contribution in [2.75, 3.05) is 0 Å². The number of aliphatic hydroxyl groups excluding tert-OH is 1. The highest BCUT2D eigenvalue weighted by atomic mass is 16.3. The fraction of sp³-hybridized carbons (Fsp3) is 0.385. The molecular weight excluding hydrogens is 214 g/mol. The molecule has 4 nitrogen and oxygen atoms in total. The van der Waals surface area contributed by atoms with E-state index in [4.69, 9.17) is 0 Å². The predicted octanol–water partition coefficient (Wildman–Crippen LogP) is 2.15. The van der Waals surface area contributed by atoms with Crippen molar-refractivity contribution in [2.45, 2.75) is 32.3 Å². The van der Waals surface area contributed by atoms with Crippen LogP contribution in [0.25, 0.3) is 11.4 Å². The maximum atomic E-state index is 9.41. The summed E-state index contributed by atoms with van der Waals surface area (Å²) >= 11 is 0. The first kappa shape index (κ1) is 10.5. The molecule has 2 heterocycles. The minimum atomic E-state index is -0.00164. The van der Waals surface area contributed by atoms with Gasteiger partial charge in [-0.15, -0.1) is 0 Å². The van der Waals surface area contributed by atoms with E-state index in [1.165, 1.54) is 18.4 Å². The summed E-state index contributed by atoms with van der Waals surface area (Å²) in [5.74, 6) is 0.627. The summed E-state index contributed by atoms with van der Waals surface area (Å²) in [6.07, 6.45) is 4.25. The van der Waals surface area contributed by atoms with E-state index in [0.717, 1.165) is 22.6 Å². The number of aryl methyl sites for hydroxylation is 1. The number of aliphatic hydroxyl groups is 1. The van der Waals surface area contributed by atoms with Crippen LogP contribution in [0.15, 0.2) is 18.3 Å². The van der Waals surface area contributed by atoms with E-state index < -0.39 is 0 Å². The van der Waals surface area contributed by atoms with Gasteiger partial charge in [0.25, 0.3) is 0 Å². The van der Waals surface area contributed by atoms with Gasteiger partial charge in [0.2, 0.25) is 0 Å². The first-order valence-electron chi connectivity index (χ1n) is 5.91. The number of nitrogens with zero attached hydrogens (tertiary/aromatic N) is 2. The Morgan fingerprint density at radius 2 is 2.24 bits per heavy atom. The summed E-state index contributed by atoms with van der Waals surface area (Å²) in [4.78, 5) is 4.44. The lowest BCUT2D eigenvalue weighted by Gasteiger charge is -2.06. The van der Waals surface area contributed by atoms with E-state index in [0.29, 0.717) is 5.92 Å². The van der Waals surface area contributed by atoms with Gasteiger partial charge >= 0.3 is 0 Å². The third-order valence-corrected chi connectivity index (χ3v) is 3.31. The zero-order valence-electron chi connectivity index (χ0n) is 9.77. The van der Waals surface area contributed by atoms with Crippen LogP contribution in [0, 0.1) is 6.92 Å². The molecule has 0 atom stereocenters. The number of nitrogens with one attached hydrogen (secondary N) is 1. The second-order valence-electron chi connectivity index (χ2n) is 4.55. The topological polar surface area (TPSA) is 61.8 Å². The Kier molecular flexibility index (Phi) is 2.44. The third-order valence-electron chi connectivity index (χ3n) is 3.31. The summed E-state index contributed by atoms with van der Waals surface area (Å²) in [6, 6.07) is 4.08. The van der Waals surface area contributed by atoms with Crippen LogP contribution in [0.2, 0.25) is 0 Å². The number of hydrogen-bond donors (Lipinski definition) is 2. The molecular formula is C13H15N3O. The van der Waals surface area contributed by atoms with Crippen molar-refractivity contribution >= 4 is 0 Å². The Hall–Kier alpha value is -1.68. The van der Waals surface area contributed by atoms with Gasteiger partial charge in [-0.1, -0.05) is 6.07 Å². The zero-order valence-corrected chi connectivity index (χ0v) is 9.77. The molecule has 2 aromatic heterocycles. The van der Waals surface area contributed by atoms with Crippen molar-refractivity contribution in [1.29, 1.82) is 0 Å². The summed E-state index contributed by atoms with van der Waals surface area (Å²) in [5.41, 5.74) is 4.74. The molecule has 0 spiro atoms. The molecule has 17 heavy (non-hydrogen) atoms. The van der Waals surface area contributed by atoms with Gasteiger partial charge in [0.05, 0.1) is 12.3 Å². The summed E-state index contributed by atoms with van der Waals surface area (Å²) in [5, 5.41) is 16.6. The molecule has 0 radical (unpaired) electrons. The lowest BCUT2D eigenvalue weighted by atomic mass is 10.0. The van der Waals surface area contributed by atoms with Gasteiger partial charge in [-0.25, -0.2) is 0 Å². The lowest BCUT2D eigenvalue weighted by Crippen LogP contribution is -1.95. The predicted molar refractivity (Wildman–Crippen MR) is 64.5 cm³/mol. The van der Waals surface area contributed by atoms with Gasteiger partial charge < -0.3 is 5.11 Å². The second-order valence-corrected chi connectivity index (χ2v) is 4.55. The Bertz CT molecular complexity index is 543. The van der Waals surface area contributed by atoms with Crippen molar-refractivity contribution < 1.29 is 5.11 Å². The lowest BCUT2D eigenvalue weighted by molar-refractivity contribution is 0.281. The molecule has 0 aliphatic heterocycles. The number of aromatic nitrogens is 3. The third kappa shape index (κ3) is 1.74. The monoisotopic (exact) mass is 229 g/mol. The van der Waals surface area contributed by atoms with Crippen LogP contribution in [0.5, 0.6) is 0 Å². The molecule has 1 saturated carbocycles. The molecule has 1 aliphatic rings. The molecule has 0 bridgehead atoms. The van der Waals surface area contributed by atoms with Gasteiger partial charge in [0, 0.05) is 17.5 Å². The largest absolute Gasteiger partial charge is 0.392 e. The van der Waals surface area contributed by atoms with E-state index in [2.05, 4.69) is 21.2 Å². The van der Waals surface area contributed by atoms with Crippen molar-refractivity contribution in [1.82, 2.24) is 15.2 Å². The van der Waals surface area contributed by atoms with Crippen LogP contribution >= 0.6 is 0 Å². The molecule has 3 rings (SSSR count). The van der Waals surface area contributed by atoms with Crippen LogP contribution in [0.3, 0.4) is 0 Å². The minimum absolute atomic E-state index is 0.00164. The maximum Gasteiger partial charge on any atom is 0.116 e. The Balaban J connectivity index is 2.14. The smallest absolute Gasteiger partial charge is 0.116 e. The molecule has 88 valence electrons. The van der Waals surface area contributed by atoms with E-state index >= 15 is 0 Å². The van der Waals surface area contributed by atoms with Crippen LogP contribution in [-0.4, -0.2) is 20.3 Å². The number of pyridine rings is 1. The van der Waals surface area contributed by atoms with Crippen LogP contribution in [-0.2, 0) is 6.61 Å². The SMILES string of the molecule is Cc1[nH]nc(-c2ncccc2C2CC2)c1CO. The normalized spacial score (nSPS) is 15.2. The minimum Gasteiger partial charge on any atom is -0.392 e. The van der Waals surface area contributed by atoms with Gasteiger partial charge in [-0.3, -0.25) is 10.1 Å². The van der Waals surface area contributed by atoms with Crippen LogP contribution in [0.1, 0.15) is 35.6 Å². The summed E-state index contributed by atoms with van der Waals surface area (Å²) < 4.78 is 0. The highest BCUT2D eigenvalue weighted by Gasteiger charge is 2.28. The molecule has 0 amide bonds. The van der Waals surface area contributed by atoms with E-state index in [9.17, 15) is 5.11 Å². The summed E-state index contributed by atoms with van der Waals surface area (Å²) in [6.45, 7) is 1.92. The van der Waals surface area contributed by atoms with Crippen LogP contribution < -0.4 is 0 Å². The molecule has 4 heteroatoms. The van der Waals surface area contributed by atoms with Gasteiger partial charge in [-0.05, 0) is 37.3 Å². The number of rotatable bonds is 3. The molecule has 0 unspecified atom stereocenters. The number of hydrogen-bond acceptors (Lipinski definition) is 3. The molecule has 1 aliphatic carbocycles. The van der Waals surface area contributed by atoms with E-state index in [1.54, 1.807) is 6.20 Å². The maximum absolute atomic E-state index is 9.41. The summed E-state index contributed by atoms with van der Waals surface area (Å²) in [7, 11) is 0. The van der Waals surface area contributed by atoms with Crippen LogP contribution in [0.4, 0.5) is 0 Å². The molecule has 0 aromatic carbocycles. The number of aromatic amines is 1. The van der Waals surface area contributed by atoms with Crippen molar-refractivity contribution in [3.05, 3.63) is 35.2 Å². The molecule has 1 fully saturated rings. The average Bonchev–Trinajstić information content (AvgIpc) is 3.13. The van der Waals surface area contributed by atoms with Crippen molar-refractivity contribution in [3.8, 4) is 11.4 Å². The fourth-order valence-corrected chi connectivity index (χ4v) is 2.18. The quantitative estimate of drug-likeness (QED) is 0.847. The Morgan fingerprint density at radius 3 is 2.94 bits per heavy atom. The van der Waals surface area contributed by atoms with E-state index in [1.807, 2.05) is 13.0 Å². The Labute approximate surface area is 99.7 Å². The fourth-order valence-electron chi connectivity index (χ4n) is 2.18. The average molecular weight is 229 g/mol.